The lowest BCUT2D eigenvalue weighted by Gasteiger charge is -2.38. The molecule has 1 N–H and O–H groups in total. The average Bonchev–Trinajstić information content (AvgIpc) is 3.32. The largest absolute Gasteiger partial charge is 0.369 e. The van der Waals surface area contributed by atoms with Gasteiger partial charge in [0.05, 0.1) is 0 Å². The zero-order valence-electron chi connectivity index (χ0n) is 18.9. The van der Waals surface area contributed by atoms with E-state index in [-0.39, 0.29) is 5.91 Å². The number of nitrogens with one attached hydrogen (secondary N) is 1. The Hall–Kier alpha value is -1.89. The Morgan fingerprint density at radius 3 is 2.35 bits per heavy atom. The van der Waals surface area contributed by atoms with Crippen molar-refractivity contribution in [2.45, 2.75) is 39.3 Å². The van der Waals surface area contributed by atoms with Crippen molar-refractivity contribution < 1.29 is 4.79 Å². The van der Waals surface area contributed by atoms with Crippen LogP contribution in [0.2, 0.25) is 0 Å². The molecule has 0 radical (unpaired) electrons. The van der Waals surface area contributed by atoms with Gasteiger partial charge < -0.3 is 10.2 Å². The van der Waals surface area contributed by atoms with Crippen molar-refractivity contribution in [2.75, 3.05) is 50.7 Å². The Morgan fingerprint density at radius 2 is 1.74 bits per heavy atom. The average molecular weight is 441 g/mol. The quantitative estimate of drug-likeness (QED) is 0.708. The minimum absolute atomic E-state index is 0.0530. The zero-order valence-corrected chi connectivity index (χ0v) is 19.7. The van der Waals surface area contributed by atoms with Crippen molar-refractivity contribution in [3.63, 3.8) is 0 Å². The molecule has 0 unspecified atom stereocenters. The molecular formula is C25H36N4OS. The third-order valence-corrected chi connectivity index (χ3v) is 7.62. The molecule has 1 amide bonds. The van der Waals surface area contributed by atoms with Crippen LogP contribution in [0.15, 0.2) is 41.8 Å². The van der Waals surface area contributed by atoms with Crippen molar-refractivity contribution in [3.8, 4) is 0 Å². The summed E-state index contributed by atoms with van der Waals surface area (Å²) in [6.07, 6.45) is 2.32. The van der Waals surface area contributed by atoms with Crippen LogP contribution in [0.1, 0.15) is 41.9 Å². The first-order chi connectivity index (χ1) is 15.1. The number of amides is 1. The van der Waals surface area contributed by atoms with E-state index in [9.17, 15) is 4.79 Å². The maximum atomic E-state index is 12.6. The van der Waals surface area contributed by atoms with E-state index < -0.39 is 0 Å². The summed E-state index contributed by atoms with van der Waals surface area (Å²) in [6.45, 7) is 12.9. The molecule has 0 aliphatic carbocycles. The zero-order chi connectivity index (χ0) is 21.6. The van der Waals surface area contributed by atoms with E-state index >= 15 is 0 Å². The summed E-state index contributed by atoms with van der Waals surface area (Å²) in [5, 5.41) is 5.32. The van der Waals surface area contributed by atoms with E-state index in [2.05, 4.69) is 63.5 Å². The Bertz CT molecular complexity index is 805. The topological polar surface area (TPSA) is 38.8 Å². The van der Waals surface area contributed by atoms with Gasteiger partial charge in [0.1, 0.15) is 0 Å². The van der Waals surface area contributed by atoms with Crippen molar-refractivity contribution in [3.05, 3.63) is 52.2 Å². The van der Waals surface area contributed by atoms with E-state index in [0.29, 0.717) is 12.0 Å². The third-order valence-electron chi connectivity index (χ3n) is 6.76. The fourth-order valence-electron chi connectivity index (χ4n) is 4.63. The highest BCUT2D eigenvalue weighted by Crippen LogP contribution is 2.21. The minimum atomic E-state index is 0.0530. The van der Waals surface area contributed by atoms with E-state index in [1.165, 1.54) is 10.6 Å². The number of thiophene rings is 1. The summed E-state index contributed by atoms with van der Waals surface area (Å²) >= 11 is 1.84. The summed E-state index contributed by atoms with van der Waals surface area (Å²) < 4.78 is 0. The molecular weight excluding hydrogens is 404 g/mol. The number of likely N-dealkylation sites (tertiary alicyclic amines) is 1. The fraction of sp³-hybridized carbons (Fsp3) is 0.560. The summed E-state index contributed by atoms with van der Waals surface area (Å²) in [5.41, 5.74) is 1.98. The van der Waals surface area contributed by atoms with E-state index in [1.807, 2.05) is 23.5 Å². The molecule has 3 heterocycles. The maximum Gasteiger partial charge on any atom is 0.251 e. The molecule has 0 bridgehead atoms. The number of rotatable bonds is 7. The minimum Gasteiger partial charge on any atom is -0.369 e. The van der Waals surface area contributed by atoms with Gasteiger partial charge in [0.15, 0.2) is 0 Å². The molecule has 168 valence electrons. The molecule has 2 saturated heterocycles. The third kappa shape index (κ3) is 6.09. The van der Waals surface area contributed by atoms with Crippen LogP contribution in [0.3, 0.4) is 0 Å². The van der Waals surface area contributed by atoms with Gasteiger partial charge in [0, 0.05) is 61.4 Å². The molecule has 31 heavy (non-hydrogen) atoms. The van der Waals surface area contributed by atoms with Gasteiger partial charge in [-0.3, -0.25) is 14.6 Å². The lowest BCUT2D eigenvalue weighted by molar-refractivity contribution is 0.0935. The molecule has 0 saturated carbocycles. The molecule has 1 aromatic heterocycles. The van der Waals surface area contributed by atoms with Crippen LogP contribution in [0.5, 0.6) is 0 Å². The highest BCUT2D eigenvalue weighted by Gasteiger charge is 2.21. The molecule has 0 spiro atoms. The van der Waals surface area contributed by atoms with Crippen LogP contribution in [-0.2, 0) is 6.54 Å². The monoisotopic (exact) mass is 440 g/mol. The molecule has 2 aliphatic rings. The van der Waals surface area contributed by atoms with Crippen LogP contribution in [0, 0.1) is 5.92 Å². The van der Waals surface area contributed by atoms with Gasteiger partial charge in [0.2, 0.25) is 0 Å². The molecule has 6 heteroatoms. The van der Waals surface area contributed by atoms with Crippen LogP contribution in [0.4, 0.5) is 5.69 Å². The lowest BCUT2D eigenvalue weighted by Crippen LogP contribution is -2.48. The number of piperazine rings is 1. The number of piperidine rings is 1. The Balaban J connectivity index is 1.19. The van der Waals surface area contributed by atoms with E-state index in [1.54, 1.807) is 0 Å². The molecule has 2 aromatic rings. The SMILES string of the molecule is CC(C)N1CCN(c2ccc(C(=O)NCC3CCN(Cc4cccs4)CC3)cc2)CC1. The highest BCUT2D eigenvalue weighted by atomic mass is 32.1. The summed E-state index contributed by atoms with van der Waals surface area (Å²) in [6, 6.07) is 13.1. The van der Waals surface area contributed by atoms with Crippen molar-refractivity contribution in [1.29, 1.82) is 0 Å². The fourth-order valence-corrected chi connectivity index (χ4v) is 5.38. The van der Waals surface area contributed by atoms with Crippen molar-refractivity contribution >= 4 is 22.9 Å². The van der Waals surface area contributed by atoms with Gasteiger partial charge in [-0.05, 0) is 81.4 Å². The molecule has 5 nitrogen and oxygen atoms in total. The Morgan fingerprint density at radius 1 is 1.03 bits per heavy atom. The number of carbonyl (C=O) groups excluding carboxylic acids is 1. The maximum absolute atomic E-state index is 12.6. The van der Waals surface area contributed by atoms with Gasteiger partial charge in [0.25, 0.3) is 5.91 Å². The standard InChI is InChI=1S/C25H36N4OS/c1-20(2)28-13-15-29(16-14-28)23-7-5-22(6-8-23)25(30)26-18-21-9-11-27(12-10-21)19-24-4-3-17-31-24/h3-8,17,20-21H,9-16,18-19H2,1-2H3,(H,26,30). The molecule has 2 aliphatic heterocycles. The predicted molar refractivity (Wildman–Crippen MR) is 130 cm³/mol. The normalized spacial score (nSPS) is 19.1. The van der Waals surface area contributed by atoms with Crippen molar-refractivity contribution in [2.24, 2.45) is 5.92 Å². The number of benzene rings is 1. The lowest BCUT2D eigenvalue weighted by atomic mass is 9.96. The van der Waals surface area contributed by atoms with Gasteiger partial charge in [-0.25, -0.2) is 0 Å². The van der Waals surface area contributed by atoms with Crippen LogP contribution in [0.25, 0.3) is 0 Å². The second-order valence-corrected chi connectivity index (χ2v) is 10.2. The van der Waals surface area contributed by atoms with Crippen LogP contribution in [-0.4, -0.2) is 67.6 Å². The summed E-state index contributed by atoms with van der Waals surface area (Å²) in [7, 11) is 0. The van der Waals surface area contributed by atoms with Gasteiger partial charge in [-0.15, -0.1) is 11.3 Å². The summed E-state index contributed by atoms with van der Waals surface area (Å²) in [4.78, 5) is 21.5. The first-order valence-electron chi connectivity index (χ1n) is 11.7. The number of nitrogens with zero attached hydrogens (tertiary/aromatic N) is 3. The van der Waals surface area contributed by atoms with E-state index in [0.717, 1.165) is 70.8 Å². The van der Waals surface area contributed by atoms with Crippen molar-refractivity contribution in [1.82, 2.24) is 15.1 Å². The van der Waals surface area contributed by atoms with Crippen LogP contribution < -0.4 is 10.2 Å². The highest BCUT2D eigenvalue weighted by molar-refractivity contribution is 7.09. The number of carbonyl (C=O) groups is 1. The second-order valence-electron chi connectivity index (χ2n) is 9.17. The molecule has 4 rings (SSSR count). The second kappa shape index (κ2) is 10.6. The van der Waals surface area contributed by atoms with E-state index in [4.69, 9.17) is 0 Å². The summed E-state index contributed by atoms with van der Waals surface area (Å²) in [5.74, 6) is 0.636. The number of hydrogen-bond donors (Lipinski definition) is 1. The smallest absolute Gasteiger partial charge is 0.251 e. The molecule has 0 atom stereocenters. The Kier molecular flexibility index (Phi) is 7.64. The predicted octanol–water partition coefficient (Wildman–Crippen LogP) is 3.92. The van der Waals surface area contributed by atoms with Gasteiger partial charge in [-0.2, -0.15) is 0 Å². The number of anilines is 1. The Labute approximate surface area is 191 Å². The molecule has 1 aromatic carbocycles. The van der Waals surface area contributed by atoms with Crippen LogP contribution >= 0.6 is 11.3 Å². The molecule has 2 fully saturated rings. The number of hydrogen-bond acceptors (Lipinski definition) is 5. The van der Waals surface area contributed by atoms with Gasteiger partial charge in [-0.1, -0.05) is 6.07 Å². The first-order valence-corrected chi connectivity index (χ1v) is 12.6. The van der Waals surface area contributed by atoms with Gasteiger partial charge >= 0.3 is 0 Å². The first kappa shape index (κ1) is 22.3.